The minimum atomic E-state index is -2.28. The molecule has 280 valence electrons. The second-order valence-corrected chi connectivity index (χ2v) is 14.5. The van der Waals surface area contributed by atoms with Crippen LogP contribution in [0.1, 0.15) is 5.56 Å². The number of nitriles is 1. The van der Waals surface area contributed by atoms with Crippen LogP contribution in [0, 0.1) is 40.4 Å². The first kappa shape index (κ1) is 33.3. The smallest absolute Gasteiger partial charge is 0.200 e. The zero-order valence-electron chi connectivity index (χ0n) is 30.2. The fraction of sp³-hybridized carbons (Fsp3) is 0. The van der Waals surface area contributed by atoms with E-state index in [9.17, 15) is 9.65 Å². The first-order chi connectivity index (χ1) is 28.8. The Labute approximate surface area is 328 Å². The normalized spacial score (nSPS) is 12.1. The van der Waals surface area contributed by atoms with Gasteiger partial charge in [-0.1, -0.05) is 72.8 Å². The van der Waals surface area contributed by atoms with Gasteiger partial charge in [-0.15, -0.1) is 0 Å². The lowest BCUT2D eigenvalue weighted by Gasteiger charge is -2.20. The minimum Gasteiger partial charge on any atom is -0.456 e. The summed E-state index contributed by atoms with van der Waals surface area (Å²) in [6.07, 6.45) is 0. The first-order valence-electron chi connectivity index (χ1n) is 18.6. The van der Waals surface area contributed by atoms with E-state index in [4.69, 9.17) is 8.83 Å². The lowest BCUT2D eigenvalue weighted by Crippen LogP contribution is -2.09. The van der Waals surface area contributed by atoms with Gasteiger partial charge in [-0.05, 0) is 60.7 Å². The molecule has 12 aromatic rings. The highest BCUT2D eigenvalue weighted by atomic mass is 19.2. The molecule has 0 atom stereocenters. The molecule has 0 aliphatic carbocycles. The number of furan rings is 2. The van der Waals surface area contributed by atoms with Crippen molar-refractivity contribution in [3.8, 4) is 28.6 Å². The van der Waals surface area contributed by atoms with Gasteiger partial charge in [0.1, 0.15) is 28.4 Å². The number of hydrogen-bond acceptors (Lipinski definition) is 3. The van der Waals surface area contributed by atoms with Gasteiger partial charge in [-0.3, -0.25) is 0 Å². The average molecular weight is 780 g/mol. The highest BCUT2D eigenvalue weighted by Gasteiger charge is 2.31. The average Bonchev–Trinajstić information content (AvgIpc) is 4.02. The molecule has 8 aromatic carbocycles. The predicted octanol–water partition coefficient (Wildman–Crippen LogP) is 13.9. The van der Waals surface area contributed by atoms with E-state index in [1.807, 2.05) is 109 Å². The molecule has 0 radical (unpaired) electrons. The lowest BCUT2D eigenvalue weighted by molar-refractivity contribution is 0.381. The van der Waals surface area contributed by atoms with Gasteiger partial charge < -0.3 is 18.0 Å². The summed E-state index contributed by atoms with van der Waals surface area (Å²) in [5.74, 6) is -10.5. The number of rotatable bonds is 3. The molecular formula is C49H22F5N3O2. The van der Waals surface area contributed by atoms with Crippen LogP contribution >= 0.6 is 0 Å². The van der Waals surface area contributed by atoms with E-state index in [2.05, 4.69) is 6.07 Å². The van der Waals surface area contributed by atoms with E-state index in [0.717, 1.165) is 37.7 Å². The fourth-order valence-corrected chi connectivity index (χ4v) is 9.11. The monoisotopic (exact) mass is 779 g/mol. The van der Waals surface area contributed by atoms with E-state index < -0.39 is 34.6 Å². The second-order valence-electron chi connectivity index (χ2n) is 14.5. The Kier molecular flexibility index (Phi) is 6.66. The third-order valence-electron chi connectivity index (χ3n) is 11.5. The molecule has 59 heavy (non-hydrogen) atoms. The molecule has 0 aliphatic rings. The van der Waals surface area contributed by atoms with E-state index in [0.29, 0.717) is 49.8 Å². The van der Waals surface area contributed by atoms with Crippen molar-refractivity contribution >= 4 is 87.5 Å². The summed E-state index contributed by atoms with van der Waals surface area (Å²) in [5.41, 5.74) is 3.40. The standard InChI is InChI=1S/C49H22F5N3O2/c50-43-42(44(51)46(53)47(54)45(43)52)31-22-34(56-32-13-5-1-9-25(32)27-17-19-38-40(48(27)56)29-11-3-7-15-36(29)58-38)24(23-55)21-35(31)57-33-14-6-2-10-26(33)28-18-20-39-41(49(28)57)30-12-4-8-16-37(30)59-39/h1-22H. The Morgan fingerprint density at radius 3 is 1.37 bits per heavy atom. The predicted molar refractivity (Wildman–Crippen MR) is 220 cm³/mol. The highest BCUT2D eigenvalue weighted by molar-refractivity contribution is 6.26. The summed E-state index contributed by atoms with van der Waals surface area (Å²) in [4.78, 5) is 0. The van der Waals surface area contributed by atoms with Crippen LogP contribution in [0.4, 0.5) is 22.0 Å². The molecule has 0 bridgehead atoms. The fourth-order valence-electron chi connectivity index (χ4n) is 9.11. The molecule has 0 aliphatic heterocycles. The van der Waals surface area contributed by atoms with Gasteiger partial charge in [0.25, 0.3) is 0 Å². The molecule has 0 unspecified atom stereocenters. The SMILES string of the molecule is N#Cc1cc(-n2c3ccccc3c3ccc4oc5ccccc5c4c32)c(-c2c(F)c(F)c(F)c(F)c2F)cc1-n1c2ccccc2c2ccc3oc4ccccc4c3c21. The molecular weight excluding hydrogens is 758 g/mol. The molecule has 0 fully saturated rings. The maximum atomic E-state index is 16.4. The Morgan fingerprint density at radius 2 is 0.864 bits per heavy atom. The van der Waals surface area contributed by atoms with Crippen LogP contribution in [0.5, 0.6) is 0 Å². The molecule has 0 amide bonds. The zero-order valence-corrected chi connectivity index (χ0v) is 30.2. The van der Waals surface area contributed by atoms with Crippen LogP contribution in [0.2, 0.25) is 0 Å². The maximum Gasteiger partial charge on any atom is 0.200 e. The van der Waals surface area contributed by atoms with Crippen molar-refractivity contribution in [2.24, 2.45) is 0 Å². The Bertz CT molecular complexity index is 3850. The number of para-hydroxylation sites is 4. The molecule has 0 N–H and O–H groups in total. The molecule has 12 rings (SSSR count). The maximum absolute atomic E-state index is 16.4. The Hall–Kier alpha value is -7.90. The third kappa shape index (κ3) is 4.30. The van der Waals surface area contributed by atoms with Gasteiger partial charge in [0.05, 0.1) is 55.3 Å². The van der Waals surface area contributed by atoms with Gasteiger partial charge >= 0.3 is 0 Å². The summed E-state index contributed by atoms with van der Waals surface area (Å²) >= 11 is 0. The van der Waals surface area contributed by atoms with Gasteiger partial charge in [-0.2, -0.15) is 5.26 Å². The molecule has 0 saturated heterocycles. The summed E-state index contributed by atoms with van der Waals surface area (Å²) in [5, 5.41) is 17.1. The lowest BCUT2D eigenvalue weighted by atomic mass is 9.97. The van der Waals surface area contributed by atoms with Crippen molar-refractivity contribution in [1.29, 1.82) is 5.26 Å². The molecule has 10 heteroatoms. The van der Waals surface area contributed by atoms with Crippen LogP contribution in [0.25, 0.3) is 110 Å². The summed E-state index contributed by atoms with van der Waals surface area (Å²) < 4.78 is 94.5. The number of halogens is 5. The molecule has 0 saturated carbocycles. The molecule has 4 aromatic heterocycles. The van der Waals surface area contributed by atoms with E-state index in [1.54, 1.807) is 21.3 Å². The van der Waals surface area contributed by atoms with Gasteiger partial charge in [0.2, 0.25) is 5.82 Å². The largest absolute Gasteiger partial charge is 0.456 e. The van der Waals surface area contributed by atoms with Crippen molar-refractivity contribution in [1.82, 2.24) is 9.13 Å². The van der Waals surface area contributed by atoms with Crippen LogP contribution in [0.15, 0.2) is 142 Å². The Morgan fingerprint density at radius 1 is 0.424 bits per heavy atom. The van der Waals surface area contributed by atoms with Gasteiger partial charge in [0.15, 0.2) is 23.3 Å². The Balaban J connectivity index is 1.31. The summed E-state index contributed by atoms with van der Waals surface area (Å²) in [6, 6.07) is 42.3. The van der Waals surface area contributed by atoms with Crippen LogP contribution in [-0.2, 0) is 0 Å². The topological polar surface area (TPSA) is 59.9 Å². The first-order valence-corrected chi connectivity index (χ1v) is 18.6. The zero-order chi connectivity index (χ0) is 39.8. The molecule has 0 spiro atoms. The number of aromatic nitrogens is 2. The van der Waals surface area contributed by atoms with E-state index in [1.165, 1.54) is 12.1 Å². The van der Waals surface area contributed by atoms with Gasteiger partial charge in [0, 0.05) is 37.9 Å². The van der Waals surface area contributed by atoms with Crippen LogP contribution < -0.4 is 0 Å². The quantitative estimate of drug-likeness (QED) is 0.102. The highest BCUT2D eigenvalue weighted by Crippen LogP contribution is 2.47. The van der Waals surface area contributed by atoms with Crippen molar-refractivity contribution in [3.05, 3.63) is 168 Å². The van der Waals surface area contributed by atoms with Crippen molar-refractivity contribution in [2.75, 3.05) is 0 Å². The number of fused-ring (bicyclic) bond motifs is 14. The number of hydrogen-bond donors (Lipinski definition) is 0. The van der Waals surface area contributed by atoms with Crippen LogP contribution in [-0.4, -0.2) is 9.13 Å². The number of nitrogens with zero attached hydrogens (tertiary/aromatic N) is 3. The summed E-state index contributed by atoms with van der Waals surface area (Å²) in [7, 11) is 0. The second kappa shape index (κ2) is 11.8. The van der Waals surface area contributed by atoms with Crippen LogP contribution in [0.3, 0.4) is 0 Å². The van der Waals surface area contributed by atoms with E-state index >= 15 is 17.6 Å². The minimum absolute atomic E-state index is 0.0113. The number of benzene rings is 8. The molecule has 4 heterocycles. The van der Waals surface area contributed by atoms with E-state index in [-0.39, 0.29) is 22.5 Å². The molecule has 5 nitrogen and oxygen atoms in total. The van der Waals surface area contributed by atoms with Crippen molar-refractivity contribution in [2.45, 2.75) is 0 Å². The van der Waals surface area contributed by atoms with Crippen molar-refractivity contribution in [3.63, 3.8) is 0 Å². The summed E-state index contributed by atoms with van der Waals surface area (Å²) in [6.45, 7) is 0. The van der Waals surface area contributed by atoms with Gasteiger partial charge in [-0.25, -0.2) is 22.0 Å². The third-order valence-corrected chi connectivity index (χ3v) is 11.5. The van der Waals surface area contributed by atoms with Crippen molar-refractivity contribution < 1.29 is 30.8 Å².